The van der Waals surface area contributed by atoms with Gasteiger partial charge < -0.3 is 9.47 Å². The first-order chi connectivity index (χ1) is 12.0. The Labute approximate surface area is 156 Å². The molecule has 6 nitrogen and oxygen atoms in total. The highest BCUT2D eigenvalue weighted by atomic mass is 79.9. The van der Waals surface area contributed by atoms with Crippen molar-refractivity contribution in [1.82, 2.24) is 4.83 Å². The van der Waals surface area contributed by atoms with Crippen molar-refractivity contribution in [1.29, 1.82) is 0 Å². The Morgan fingerprint density at radius 3 is 2.60 bits per heavy atom. The predicted octanol–water partition coefficient (Wildman–Crippen LogP) is 3.56. The van der Waals surface area contributed by atoms with Gasteiger partial charge in [-0.05, 0) is 52.2 Å². The van der Waals surface area contributed by atoms with Crippen molar-refractivity contribution in [3.8, 4) is 11.5 Å². The van der Waals surface area contributed by atoms with Gasteiger partial charge in [0.1, 0.15) is 0 Å². The van der Waals surface area contributed by atoms with Gasteiger partial charge in [0.25, 0.3) is 10.0 Å². The zero-order chi connectivity index (χ0) is 18.3. The maximum Gasteiger partial charge on any atom is 0.276 e. The molecule has 25 heavy (non-hydrogen) atoms. The molecule has 2 rings (SSSR count). The van der Waals surface area contributed by atoms with Crippen LogP contribution in [-0.2, 0) is 10.0 Å². The fourth-order valence-corrected chi connectivity index (χ4v) is 3.37. The Balaban J connectivity index is 2.17. The van der Waals surface area contributed by atoms with Gasteiger partial charge in [0.05, 0.1) is 29.3 Å². The van der Waals surface area contributed by atoms with E-state index < -0.39 is 10.0 Å². The van der Waals surface area contributed by atoms with Crippen LogP contribution in [0.1, 0.15) is 18.9 Å². The number of ether oxygens (including phenoxy) is 2. The van der Waals surface area contributed by atoms with Crippen molar-refractivity contribution in [2.75, 3.05) is 13.7 Å². The molecular weight excluding hydrogens is 408 g/mol. The van der Waals surface area contributed by atoms with Crippen LogP contribution in [0.5, 0.6) is 11.5 Å². The van der Waals surface area contributed by atoms with E-state index in [9.17, 15) is 8.42 Å². The van der Waals surface area contributed by atoms with E-state index >= 15 is 0 Å². The van der Waals surface area contributed by atoms with Gasteiger partial charge in [-0.25, -0.2) is 4.83 Å². The molecular formula is C17H19BrN2O4S. The van der Waals surface area contributed by atoms with E-state index in [4.69, 9.17) is 9.47 Å². The summed E-state index contributed by atoms with van der Waals surface area (Å²) in [5, 5.41) is 3.82. The van der Waals surface area contributed by atoms with E-state index in [0.29, 0.717) is 28.1 Å². The zero-order valence-corrected chi connectivity index (χ0v) is 16.3. The fraction of sp³-hybridized carbons (Fsp3) is 0.235. The summed E-state index contributed by atoms with van der Waals surface area (Å²) in [4.78, 5) is 2.33. The molecule has 0 atom stereocenters. The summed E-state index contributed by atoms with van der Waals surface area (Å²) in [6.07, 6.45) is 2.28. The standard InChI is InChI=1S/C17H19BrN2O4S/c1-3-9-24-17-15(18)10-13(11-16(17)23-2)12-19-20-25(21,22)14-7-5-4-6-8-14/h4-8,10-12,20H,3,9H2,1-2H3/b19-12+. The Kier molecular flexibility index (Phi) is 6.83. The van der Waals surface area contributed by atoms with Crippen LogP contribution < -0.4 is 14.3 Å². The number of rotatable bonds is 8. The fourth-order valence-electron chi connectivity index (χ4n) is 1.98. The third-order valence-corrected chi connectivity index (χ3v) is 4.97. The lowest BCUT2D eigenvalue weighted by atomic mass is 10.2. The van der Waals surface area contributed by atoms with Gasteiger partial charge in [-0.15, -0.1) is 0 Å². The van der Waals surface area contributed by atoms with Gasteiger partial charge in [0, 0.05) is 0 Å². The Hall–Kier alpha value is -2.06. The highest BCUT2D eigenvalue weighted by Crippen LogP contribution is 2.36. The van der Waals surface area contributed by atoms with Crippen molar-refractivity contribution >= 4 is 32.2 Å². The van der Waals surface area contributed by atoms with Gasteiger partial charge in [-0.1, -0.05) is 25.1 Å². The van der Waals surface area contributed by atoms with Crippen LogP contribution in [0.4, 0.5) is 0 Å². The number of sulfonamides is 1. The molecule has 0 radical (unpaired) electrons. The van der Waals surface area contributed by atoms with Crippen molar-refractivity contribution in [3.05, 3.63) is 52.5 Å². The summed E-state index contributed by atoms with van der Waals surface area (Å²) in [5.74, 6) is 1.14. The second-order valence-electron chi connectivity index (χ2n) is 5.05. The molecule has 2 aromatic rings. The number of benzene rings is 2. The van der Waals surface area contributed by atoms with E-state index in [1.165, 1.54) is 18.3 Å². The lowest BCUT2D eigenvalue weighted by Gasteiger charge is -2.12. The summed E-state index contributed by atoms with van der Waals surface area (Å²) >= 11 is 3.43. The highest BCUT2D eigenvalue weighted by Gasteiger charge is 2.13. The summed E-state index contributed by atoms with van der Waals surface area (Å²) in [6, 6.07) is 11.5. The second-order valence-corrected chi connectivity index (χ2v) is 7.56. The number of nitrogens with one attached hydrogen (secondary N) is 1. The maximum atomic E-state index is 12.1. The van der Waals surface area contributed by atoms with Crippen LogP contribution in [-0.4, -0.2) is 28.3 Å². The first-order valence-electron chi connectivity index (χ1n) is 7.58. The molecule has 0 saturated carbocycles. The first-order valence-corrected chi connectivity index (χ1v) is 9.85. The topological polar surface area (TPSA) is 77.0 Å². The minimum absolute atomic E-state index is 0.147. The minimum atomic E-state index is -3.69. The van der Waals surface area contributed by atoms with E-state index in [0.717, 1.165) is 6.42 Å². The average Bonchev–Trinajstić information content (AvgIpc) is 2.61. The molecule has 0 heterocycles. The molecule has 0 saturated heterocycles. The number of methoxy groups -OCH3 is 1. The molecule has 0 spiro atoms. The van der Waals surface area contributed by atoms with Gasteiger partial charge in [-0.3, -0.25) is 0 Å². The monoisotopic (exact) mass is 426 g/mol. The van der Waals surface area contributed by atoms with Gasteiger partial charge in [0.15, 0.2) is 11.5 Å². The second kappa shape index (κ2) is 8.87. The molecule has 0 aliphatic rings. The summed E-state index contributed by atoms with van der Waals surface area (Å²) < 4.78 is 35.9. The van der Waals surface area contributed by atoms with Crippen LogP contribution in [0.3, 0.4) is 0 Å². The SMILES string of the molecule is CCCOc1c(Br)cc(/C=N/NS(=O)(=O)c2ccccc2)cc1OC. The van der Waals surface area contributed by atoms with Crippen molar-refractivity contribution in [2.24, 2.45) is 5.10 Å². The third kappa shape index (κ3) is 5.20. The normalized spacial score (nSPS) is 11.5. The van der Waals surface area contributed by atoms with Crippen molar-refractivity contribution < 1.29 is 17.9 Å². The van der Waals surface area contributed by atoms with Gasteiger partial charge >= 0.3 is 0 Å². The Bertz CT molecular complexity index is 839. The van der Waals surface area contributed by atoms with E-state index in [-0.39, 0.29) is 4.90 Å². The Morgan fingerprint density at radius 2 is 1.96 bits per heavy atom. The lowest BCUT2D eigenvalue weighted by Crippen LogP contribution is -2.18. The first kappa shape index (κ1) is 19.3. The molecule has 0 aliphatic heterocycles. The third-order valence-electron chi connectivity index (χ3n) is 3.14. The number of hydrazone groups is 1. The molecule has 0 fully saturated rings. The highest BCUT2D eigenvalue weighted by molar-refractivity contribution is 9.10. The predicted molar refractivity (Wildman–Crippen MR) is 101 cm³/mol. The van der Waals surface area contributed by atoms with E-state index in [2.05, 4.69) is 25.9 Å². The molecule has 0 amide bonds. The van der Waals surface area contributed by atoms with E-state index in [1.807, 2.05) is 6.92 Å². The molecule has 0 unspecified atom stereocenters. The van der Waals surface area contributed by atoms with Crippen LogP contribution in [0.25, 0.3) is 0 Å². The molecule has 0 aromatic heterocycles. The van der Waals surface area contributed by atoms with Gasteiger partial charge in [0.2, 0.25) is 0 Å². The molecule has 2 aromatic carbocycles. The summed E-state index contributed by atoms with van der Waals surface area (Å²) in [7, 11) is -2.15. The Morgan fingerprint density at radius 1 is 1.24 bits per heavy atom. The zero-order valence-electron chi connectivity index (χ0n) is 13.9. The summed E-state index contributed by atoms with van der Waals surface area (Å²) in [5.41, 5.74) is 0.656. The van der Waals surface area contributed by atoms with Crippen LogP contribution in [0.15, 0.2) is 56.9 Å². The number of hydrogen-bond donors (Lipinski definition) is 1. The molecule has 8 heteroatoms. The smallest absolute Gasteiger partial charge is 0.276 e. The molecule has 0 bridgehead atoms. The number of nitrogens with zero attached hydrogens (tertiary/aromatic N) is 1. The molecule has 1 N–H and O–H groups in total. The summed E-state index contributed by atoms with van der Waals surface area (Å²) in [6.45, 7) is 2.58. The van der Waals surface area contributed by atoms with Crippen molar-refractivity contribution in [2.45, 2.75) is 18.2 Å². The van der Waals surface area contributed by atoms with Crippen LogP contribution in [0.2, 0.25) is 0 Å². The van der Waals surface area contributed by atoms with Crippen LogP contribution >= 0.6 is 15.9 Å². The van der Waals surface area contributed by atoms with E-state index in [1.54, 1.807) is 37.4 Å². The van der Waals surface area contributed by atoms with Crippen molar-refractivity contribution in [3.63, 3.8) is 0 Å². The van der Waals surface area contributed by atoms with Crippen LogP contribution in [0, 0.1) is 0 Å². The maximum absolute atomic E-state index is 12.1. The molecule has 0 aliphatic carbocycles. The minimum Gasteiger partial charge on any atom is -0.493 e. The number of hydrogen-bond acceptors (Lipinski definition) is 5. The largest absolute Gasteiger partial charge is 0.493 e. The number of halogens is 1. The van der Waals surface area contributed by atoms with Gasteiger partial charge in [-0.2, -0.15) is 13.5 Å². The molecule has 134 valence electrons. The lowest BCUT2D eigenvalue weighted by molar-refractivity contribution is 0.292. The quantitative estimate of drug-likeness (QED) is 0.516. The average molecular weight is 427 g/mol.